The summed E-state index contributed by atoms with van der Waals surface area (Å²) in [5, 5.41) is 9.20. The molecule has 0 radical (unpaired) electrons. The van der Waals surface area contributed by atoms with E-state index < -0.39 is 0 Å². The van der Waals surface area contributed by atoms with Gasteiger partial charge in [0.1, 0.15) is 0 Å². The minimum atomic E-state index is -0.231. The van der Waals surface area contributed by atoms with Crippen molar-refractivity contribution < 1.29 is 5.02 Å². The van der Waals surface area contributed by atoms with Gasteiger partial charge in [0.2, 0.25) is 0 Å². The van der Waals surface area contributed by atoms with Gasteiger partial charge in [-0.05, 0) is 26.2 Å². The molecule has 0 saturated carbocycles. The number of nitrogens with zero attached hydrogens (tertiary/aromatic N) is 1. The predicted octanol–water partition coefficient (Wildman–Crippen LogP) is 0.971. The van der Waals surface area contributed by atoms with Crippen LogP contribution < -0.4 is 0 Å². The third-order valence-corrected chi connectivity index (χ3v) is 2.29. The van der Waals surface area contributed by atoms with Crippen LogP contribution in [0.5, 0.6) is 0 Å². The van der Waals surface area contributed by atoms with Crippen molar-refractivity contribution in [2.75, 3.05) is 6.54 Å². The zero-order chi connectivity index (χ0) is 7.56. The second-order valence-electron chi connectivity index (χ2n) is 3.10. The lowest BCUT2D eigenvalue weighted by atomic mass is 9.77. The molecule has 1 heterocycles. The molecule has 0 aromatic heterocycles. The van der Waals surface area contributed by atoms with Crippen molar-refractivity contribution in [3.8, 4) is 0 Å². The van der Waals surface area contributed by atoms with E-state index in [0.29, 0.717) is 6.04 Å². The Kier molecular flexibility index (Phi) is 2.75. The fourth-order valence-electron chi connectivity index (χ4n) is 1.60. The van der Waals surface area contributed by atoms with Crippen LogP contribution in [0.4, 0.5) is 0 Å². The summed E-state index contributed by atoms with van der Waals surface area (Å²) in [5.74, 6) is 0. The molecule has 2 nitrogen and oxygen atoms in total. The topological polar surface area (TPSA) is 23.5 Å². The van der Waals surface area contributed by atoms with Crippen LogP contribution in [0.25, 0.3) is 0 Å². The number of hydrogen-bond acceptors (Lipinski definition) is 2. The molecule has 1 atom stereocenters. The lowest BCUT2D eigenvalue weighted by Crippen LogP contribution is -2.54. The van der Waals surface area contributed by atoms with E-state index in [9.17, 15) is 5.02 Å². The molecule has 0 aromatic carbocycles. The second-order valence-corrected chi connectivity index (χ2v) is 3.10. The molecule has 1 rings (SSSR count). The van der Waals surface area contributed by atoms with Crippen molar-refractivity contribution in [2.45, 2.75) is 39.1 Å². The average molecular weight is 141 g/mol. The van der Waals surface area contributed by atoms with Crippen LogP contribution in [-0.2, 0) is 0 Å². The van der Waals surface area contributed by atoms with E-state index in [1.807, 2.05) is 6.82 Å². The molecule has 0 aromatic rings. The van der Waals surface area contributed by atoms with E-state index in [2.05, 4.69) is 11.7 Å². The van der Waals surface area contributed by atoms with Gasteiger partial charge in [0, 0.05) is 6.04 Å². The maximum absolute atomic E-state index is 9.20. The largest absolute Gasteiger partial charge is 0.437 e. The fraction of sp³-hybridized carbons (Fsp3) is 1.00. The molecule has 3 heteroatoms. The molecule has 0 spiro atoms. The van der Waals surface area contributed by atoms with Crippen LogP contribution in [0, 0.1) is 0 Å². The third kappa shape index (κ3) is 1.52. The maximum atomic E-state index is 9.20. The highest BCUT2D eigenvalue weighted by Gasteiger charge is 2.31. The summed E-state index contributed by atoms with van der Waals surface area (Å²) < 4.78 is 0. The molecule has 1 saturated heterocycles. The highest BCUT2D eigenvalue weighted by atomic mass is 16.2. The minimum Gasteiger partial charge on any atom is -0.437 e. The predicted molar refractivity (Wildman–Crippen MR) is 43.9 cm³/mol. The molecule has 0 amide bonds. The molecule has 58 valence electrons. The van der Waals surface area contributed by atoms with E-state index in [1.54, 1.807) is 0 Å². The van der Waals surface area contributed by atoms with Gasteiger partial charge in [-0.2, -0.15) is 0 Å². The zero-order valence-electron chi connectivity index (χ0n) is 6.88. The number of rotatable bonds is 3. The van der Waals surface area contributed by atoms with Gasteiger partial charge in [0.25, 0.3) is 0 Å². The lowest BCUT2D eigenvalue weighted by Gasteiger charge is -2.42. The van der Waals surface area contributed by atoms with Gasteiger partial charge in [-0.3, -0.25) is 0 Å². The van der Waals surface area contributed by atoms with Gasteiger partial charge < -0.3 is 9.83 Å². The highest BCUT2D eigenvalue weighted by Crippen LogP contribution is 2.21. The summed E-state index contributed by atoms with van der Waals surface area (Å²) in [7, 11) is -0.231. The quantitative estimate of drug-likeness (QED) is 0.592. The van der Waals surface area contributed by atoms with Crippen molar-refractivity contribution in [3.63, 3.8) is 0 Å². The lowest BCUT2D eigenvalue weighted by molar-refractivity contribution is 0.161. The first-order valence-electron chi connectivity index (χ1n) is 4.19. The zero-order valence-corrected chi connectivity index (χ0v) is 6.88. The average Bonchev–Trinajstić information content (AvgIpc) is 1.78. The van der Waals surface area contributed by atoms with Crippen molar-refractivity contribution in [1.29, 1.82) is 0 Å². The van der Waals surface area contributed by atoms with E-state index >= 15 is 0 Å². The molecular formula is C7H16BNO. The fourth-order valence-corrected chi connectivity index (χ4v) is 1.60. The summed E-state index contributed by atoms with van der Waals surface area (Å²) in [4.78, 5) is 2.16. The molecule has 1 aliphatic rings. The summed E-state index contributed by atoms with van der Waals surface area (Å²) in [6.07, 6.45) is 3.75. The van der Waals surface area contributed by atoms with Gasteiger partial charge >= 0.3 is 7.05 Å². The third-order valence-electron chi connectivity index (χ3n) is 2.29. The SMILES string of the molecule is CCCC1CCN1B(C)O. The summed E-state index contributed by atoms with van der Waals surface area (Å²) >= 11 is 0. The molecule has 1 fully saturated rings. The van der Waals surface area contributed by atoms with E-state index in [0.717, 1.165) is 6.54 Å². The van der Waals surface area contributed by atoms with Crippen molar-refractivity contribution in [1.82, 2.24) is 4.81 Å². The van der Waals surface area contributed by atoms with Crippen molar-refractivity contribution >= 4 is 7.05 Å². The Morgan fingerprint density at radius 3 is 2.70 bits per heavy atom. The Bertz CT molecular complexity index is 108. The first-order chi connectivity index (χ1) is 4.75. The van der Waals surface area contributed by atoms with Crippen molar-refractivity contribution in [2.24, 2.45) is 0 Å². The highest BCUT2D eigenvalue weighted by molar-refractivity contribution is 6.45. The van der Waals surface area contributed by atoms with Crippen LogP contribution in [0.3, 0.4) is 0 Å². The Balaban J connectivity index is 2.22. The van der Waals surface area contributed by atoms with Gasteiger partial charge in [-0.15, -0.1) is 0 Å². The first kappa shape index (κ1) is 8.09. The Labute approximate surface area is 63.4 Å². The Hall–Kier alpha value is -0.0151. The van der Waals surface area contributed by atoms with Crippen LogP contribution in [-0.4, -0.2) is 29.5 Å². The van der Waals surface area contributed by atoms with Crippen molar-refractivity contribution in [3.05, 3.63) is 0 Å². The molecule has 1 unspecified atom stereocenters. The molecule has 1 N–H and O–H groups in total. The van der Waals surface area contributed by atoms with Crippen LogP contribution >= 0.6 is 0 Å². The smallest absolute Gasteiger partial charge is 0.376 e. The molecule has 10 heavy (non-hydrogen) atoms. The summed E-state index contributed by atoms with van der Waals surface area (Å²) in [6.45, 7) is 5.13. The van der Waals surface area contributed by atoms with E-state index in [-0.39, 0.29) is 7.05 Å². The van der Waals surface area contributed by atoms with Crippen LogP contribution in [0.1, 0.15) is 26.2 Å². The van der Waals surface area contributed by atoms with Crippen LogP contribution in [0.15, 0.2) is 0 Å². The standard InChI is InChI=1S/C7H16BNO/c1-3-4-7-5-6-9(7)8(2)10/h7,10H,3-6H2,1-2H3. The minimum absolute atomic E-state index is 0.231. The molecule has 1 aliphatic heterocycles. The molecule has 0 bridgehead atoms. The normalized spacial score (nSPS) is 26.1. The molecule has 0 aliphatic carbocycles. The summed E-state index contributed by atoms with van der Waals surface area (Å²) in [5.41, 5.74) is 0. The van der Waals surface area contributed by atoms with E-state index in [1.165, 1.54) is 19.3 Å². The van der Waals surface area contributed by atoms with E-state index in [4.69, 9.17) is 0 Å². The van der Waals surface area contributed by atoms with Gasteiger partial charge in [-0.25, -0.2) is 0 Å². The van der Waals surface area contributed by atoms with Crippen LogP contribution in [0.2, 0.25) is 6.82 Å². The Morgan fingerprint density at radius 1 is 1.70 bits per heavy atom. The van der Waals surface area contributed by atoms with Gasteiger partial charge in [0.05, 0.1) is 0 Å². The summed E-state index contributed by atoms with van der Waals surface area (Å²) in [6, 6.07) is 0.671. The maximum Gasteiger partial charge on any atom is 0.376 e. The second kappa shape index (κ2) is 3.40. The first-order valence-corrected chi connectivity index (χ1v) is 4.19. The van der Waals surface area contributed by atoms with Gasteiger partial charge in [0.15, 0.2) is 0 Å². The number of hydrogen-bond donors (Lipinski definition) is 1. The Morgan fingerprint density at radius 2 is 2.40 bits per heavy atom. The molecular weight excluding hydrogens is 125 g/mol. The van der Waals surface area contributed by atoms with Gasteiger partial charge in [-0.1, -0.05) is 13.3 Å². The monoisotopic (exact) mass is 141 g/mol.